The number of nitrogens with one attached hydrogen (secondary N) is 2. The summed E-state index contributed by atoms with van der Waals surface area (Å²) in [5.41, 5.74) is 1.04. The first-order valence-corrected chi connectivity index (χ1v) is 10.2. The van der Waals surface area contributed by atoms with Crippen molar-refractivity contribution < 1.29 is 4.79 Å². The van der Waals surface area contributed by atoms with Crippen LogP contribution in [0.25, 0.3) is 0 Å². The van der Waals surface area contributed by atoms with Gasteiger partial charge in [-0.05, 0) is 70.7 Å². The highest BCUT2D eigenvalue weighted by atomic mass is 16.1. The molecular weight excluding hydrogens is 350 g/mol. The Hall–Kier alpha value is -2.50. The molecule has 2 atom stereocenters. The second kappa shape index (κ2) is 8.67. The van der Waals surface area contributed by atoms with Gasteiger partial charge in [-0.2, -0.15) is 0 Å². The van der Waals surface area contributed by atoms with Crippen molar-refractivity contribution in [2.24, 2.45) is 5.92 Å². The highest BCUT2D eigenvalue weighted by Crippen LogP contribution is 2.30. The van der Waals surface area contributed by atoms with E-state index >= 15 is 0 Å². The number of aromatic nitrogens is 2. The van der Waals surface area contributed by atoms with Crippen LogP contribution in [-0.4, -0.2) is 47.5 Å². The minimum absolute atomic E-state index is 0.0266. The summed E-state index contributed by atoms with van der Waals surface area (Å²) < 4.78 is 0. The van der Waals surface area contributed by atoms with Gasteiger partial charge in [0.2, 0.25) is 0 Å². The van der Waals surface area contributed by atoms with Gasteiger partial charge in [0.05, 0.1) is 11.7 Å². The largest absolute Gasteiger partial charge is 0.377 e. The molecule has 1 saturated heterocycles. The SMILES string of the molecule is CCN(CC1CCN(c2ccc[nH]2)C(C=O)C1)c1ncccc1NC(C)(C)C. The van der Waals surface area contributed by atoms with Crippen LogP contribution in [0.15, 0.2) is 36.7 Å². The molecule has 3 heterocycles. The molecule has 28 heavy (non-hydrogen) atoms. The molecule has 3 rings (SSSR count). The summed E-state index contributed by atoms with van der Waals surface area (Å²) in [6.45, 7) is 11.3. The van der Waals surface area contributed by atoms with Crippen LogP contribution in [0.3, 0.4) is 0 Å². The van der Waals surface area contributed by atoms with Gasteiger partial charge in [0.1, 0.15) is 12.1 Å². The zero-order valence-electron chi connectivity index (χ0n) is 17.5. The number of rotatable bonds is 7. The van der Waals surface area contributed by atoms with E-state index in [0.29, 0.717) is 5.92 Å². The average molecular weight is 384 g/mol. The van der Waals surface area contributed by atoms with E-state index in [-0.39, 0.29) is 11.6 Å². The summed E-state index contributed by atoms with van der Waals surface area (Å²) in [4.78, 5) is 24.2. The molecule has 0 aromatic carbocycles. The molecule has 2 unspecified atom stereocenters. The normalized spacial score (nSPS) is 20.1. The van der Waals surface area contributed by atoms with Crippen LogP contribution in [0.4, 0.5) is 17.3 Å². The van der Waals surface area contributed by atoms with Crippen molar-refractivity contribution in [1.29, 1.82) is 0 Å². The first kappa shape index (κ1) is 20.2. The Labute approximate surface area is 168 Å². The summed E-state index contributed by atoms with van der Waals surface area (Å²) in [5, 5.41) is 3.57. The third-order valence-corrected chi connectivity index (χ3v) is 5.26. The van der Waals surface area contributed by atoms with Gasteiger partial charge in [0.25, 0.3) is 0 Å². The van der Waals surface area contributed by atoms with Crippen molar-refractivity contribution in [2.75, 3.05) is 34.8 Å². The molecule has 152 valence electrons. The summed E-state index contributed by atoms with van der Waals surface area (Å²) in [5.74, 6) is 2.49. The van der Waals surface area contributed by atoms with Crippen LogP contribution < -0.4 is 15.1 Å². The Bertz CT molecular complexity index is 753. The zero-order valence-corrected chi connectivity index (χ0v) is 17.5. The van der Waals surface area contributed by atoms with E-state index in [4.69, 9.17) is 0 Å². The number of pyridine rings is 1. The lowest BCUT2D eigenvalue weighted by atomic mass is 9.90. The van der Waals surface area contributed by atoms with Crippen LogP contribution in [-0.2, 0) is 4.79 Å². The van der Waals surface area contributed by atoms with Gasteiger partial charge < -0.3 is 24.9 Å². The van der Waals surface area contributed by atoms with E-state index in [1.54, 1.807) is 0 Å². The van der Waals surface area contributed by atoms with Gasteiger partial charge in [0.15, 0.2) is 5.82 Å². The molecule has 0 saturated carbocycles. The first-order valence-electron chi connectivity index (χ1n) is 10.2. The second-order valence-corrected chi connectivity index (χ2v) is 8.63. The average Bonchev–Trinajstić information content (AvgIpc) is 3.20. The third-order valence-electron chi connectivity index (χ3n) is 5.26. The van der Waals surface area contributed by atoms with Crippen LogP contribution in [0.5, 0.6) is 0 Å². The maximum Gasteiger partial charge on any atom is 0.151 e. The van der Waals surface area contributed by atoms with E-state index in [0.717, 1.165) is 56.1 Å². The Morgan fingerprint density at radius 3 is 2.82 bits per heavy atom. The molecule has 1 aliphatic heterocycles. The van der Waals surface area contributed by atoms with E-state index in [1.165, 1.54) is 0 Å². The van der Waals surface area contributed by atoms with Crippen molar-refractivity contribution in [2.45, 2.75) is 52.1 Å². The molecule has 6 nitrogen and oxygen atoms in total. The maximum atomic E-state index is 11.8. The van der Waals surface area contributed by atoms with Crippen LogP contribution in [0.2, 0.25) is 0 Å². The van der Waals surface area contributed by atoms with Crippen LogP contribution in [0.1, 0.15) is 40.5 Å². The number of piperidine rings is 1. The van der Waals surface area contributed by atoms with Crippen LogP contribution in [0, 0.1) is 5.92 Å². The predicted octanol–water partition coefficient (Wildman–Crippen LogP) is 3.93. The van der Waals surface area contributed by atoms with Gasteiger partial charge in [-0.15, -0.1) is 0 Å². The molecule has 2 N–H and O–H groups in total. The van der Waals surface area contributed by atoms with Crippen molar-refractivity contribution in [3.05, 3.63) is 36.7 Å². The number of anilines is 3. The lowest BCUT2D eigenvalue weighted by Crippen LogP contribution is -2.46. The molecule has 0 radical (unpaired) electrons. The molecule has 0 bridgehead atoms. The van der Waals surface area contributed by atoms with Gasteiger partial charge in [-0.3, -0.25) is 0 Å². The number of aromatic amines is 1. The summed E-state index contributed by atoms with van der Waals surface area (Å²) >= 11 is 0. The Kier molecular flexibility index (Phi) is 6.27. The van der Waals surface area contributed by atoms with Crippen molar-refractivity contribution in [3.8, 4) is 0 Å². The maximum absolute atomic E-state index is 11.8. The first-order chi connectivity index (χ1) is 13.4. The fraction of sp³-hybridized carbons (Fsp3) is 0.545. The fourth-order valence-electron chi connectivity index (χ4n) is 4.00. The van der Waals surface area contributed by atoms with Crippen molar-refractivity contribution >= 4 is 23.6 Å². The van der Waals surface area contributed by atoms with Crippen LogP contribution >= 0.6 is 0 Å². The van der Waals surface area contributed by atoms with Gasteiger partial charge in [0, 0.05) is 37.6 Å². The predicted molar refractivity (Wildman–Crippen MR) is 116 cm³/mol. The number of H-pyrrole nitrogens is 1. The minimum Gasteiger partial charge on any atom is -0.377 e. The molecule has 2 aromatic heterocycles. The van der Waals surface area contributed by atoms with Crippen molar-refractivity contribution in [1.82, 2.24) is 9.97 Å². The molecule has 0 spiro atoms. The zero-order chi connectivity index (χ0) is 20.1. The monoisotopic (exact) mass is 383 g/mol. The minimum atomic E-state index is -0.0768. The molecule has 0 aliphatic carbocycles. The summed E-state index contributed by atoms with van der Waals surface area (Å²) in [6, 6.07) is 8.01. The lowest BCUT2D eigenvalue weighted by molar-refractivity contribution is -0.109. The van der Waals surface area contributed by atoms with E-state index in [1.807, 2.05) is 30.6 Å². The van der Waals surface area contributed by atoms with Gasteiger partial charge in [-0.1, -0.05) is 0 Å². The molecule has 0 amide bonds. The Balaban J connectivity index is 1.71. The van der Waals surface area contributed by atoms with Gasteiger partial charge in [-0.25, -0.2) is 4.98 Å². The molecule has 1 fully saturated rings. The van der Waals surface area contributed by atoms with Crippen molar-refractivity contribution in [3.63, 3.8) is 0 Å². The number of hydrogen-bond acceptors (Lipinski definition) is 5. The molecule has 6 heteroatoms. The molecular formula is C22H33N5O. The molecule has 1 aliphatic rings. The Morgan fingerprint density at radius 1 is 1.36 bits per heavy atom. The van der Waals surface area contributed by atoms with E-state index in [2.05, 4.69) is 58.8 Å². The van der Waals surface area contributed by atoms with E-state index in [9.17, 15) is 4.79 Å². The quantitative estimate of drug-likeness (QED) is 0.709. The van der Waals surface area contributed by atoms with E-state index < -0.39 is 0 Å². The highest BCUT2D eigenvalue weighted by molar-refractivity contribution is 5.67. The number of carbonyl (C=O) groups is 1. The van der Waals surface area contributed by atoms with Gasteiger partial charge >= 0.3 is 0 Å². The number of nitrogens with zero attached hydrogens (tertiary/aromatic N) is 3. The number of carbonyl (C=O) groups excluding carboxylic acids is 1. The highest BCUT2D eigenvalue weighted by Gasteiger charge is 2.30. The number of hydrogen-bond donors (Lipinski definition) is 2. The fourth-order valence-corrected chi connectivity index (χ4v) is 4.00. The summed E-state index contributed by atoms with van der Waals surface area (Å²) in [7, 11) is 0. The standard InChI is InChI=1S/C22H33N5O/c1-5-26(21-19(8-6-12-24-21)25-22(2,3)4)15-17-10-13-27(18(14-17)16-28)20-9-7-11-23-20/h6-9,11-12,16-18,23,25H,5,10,13-15H2,1-4H3. The lowest BCUT2D eigenvalue weighted by Gasteiger charge is -2.39. The third kappa shape index (κ3) is 4.86. The number of aldehydes is 1. The second-order valence-electron chi connectivity index (χ2n) is 8.63. The Morgan fingerprint density at radius 2 is 2.18 bits per heavy atom. The topological polar surface area (TPSA) is 64.3 Å². The summed E-state index contributed by atoms with van der Waals surface area (Å²) in [6.07, 6.45) is 6.79. The molecule has 2 aromatic rings. The smallest absolute Gasteiger partial charge is 0.151 e.